The monoisotopic (exact) mass is 524 g/mol. The molecule has 2 aromatic carbocycles. The summed E-state index contributed by atoms with van der Waals surface area (Å²) in [7, 11) is 1.65. The lowest BCUT2D eigenvalue weighted by Gasteiger charge is -2.40. The summed E-state index contributed by atoms with van der Waals surface area (Å²) in [4.78, 5) is 29.9. The Morgan fingerprint density at radius 3 is 2.41 bits per heavy atom. The number of benzene rings is 2. The van der Waals surface area contributed by atoms with Crippen molar-refractivity contribution in [3.63, 3.8) is 0 Å². The summed E-state index contributed by atoms with van der Waals surface area (Å²) < 4.78 is 10.4. The number of alkyl carbamates (subject to hydrolysis) is 1. The fraction of sp³-hybridized carbons (Fsp3) is 0.464. The molecule has 1 atom stereocenters. The third kappa shape index (κ3) is 6.91. The van der Waals surface area contributed by atoms with Crippen LogP contribution < -0.4 is 15.4 Å². The molecular weight excluding hydrogens is 488 g/mol. The zero-order valence-corrected chi connectivity index (χ0v) is 22.4. The molecule has 2 saturated heterocycles. The third-order valence-electron chi connectivity index (χ3n) is 7.33. The topological polar surface area (TPSA) is 83.1 Å². The molecule has 198 valence electrons. The summed E-state index contributed by atoms with van der Waals surface area (Å²) >= 11 is 5.68. The van der Waals surface area contributed by atoms with Crippen LogP contribution in [0.15, 0.2) is 54.6 Å². The fourth-order valence-electron chi connectivity index (χ4n) is 5.20. The number of thiocarbonyl (C=S) groups is 1. The first kappa shape index (κ1) is 26.7. The zero-order chi connectivity index (χ0) is 26.3. The van der Waals surface area contributed by atoms with Gasteiger partial charge >= 0.3 is 6.09 Å². The Kier molecular flexibility index (Phi) is 8.87. The highest BCUT2D eigenvalue weighted by Crippen LogP contribution is 2.40. The van der Waals surface area contributed by atoms with Crippen molar-refractivity contribution >= 4 is 35.0 Å². The van der Waals surface area contributed by atoms with Crippen molar-refractivity contribution in [3.8, 4) is 5.75 Å². The smallest absolute Gasteiger partial charge is 0.407 e. The van der Waals surface area contributed by atoms with E-state index < -0.39 is 12.1 Å². The molecule has 2 amide bonds. The van der Waals surface area contributed by atoms with Crippen molar-refractivity contribution < 1.29 is 19.1 Å². The maximum absolute atomic E-state index is 13.5. The molecule has 9 heteroatoms. The first-order valence-corrected chi connectivity index (χ1v) is 13.3. The number of methoxy groups -OCH3 is 1. The summed E-state index contributed by atoms with van der Waals surface area (Å²) in [6, 6.07) is 16.8. The molecule has 0 aliphatic carbocycles. The van der Waals surface area contributed by atoms with Gasteiger partial charge < -0.3 is 29.9 Å². The Bertz CT molecular complexity index is 1090. The van der Waals surface area contributed by atoms with Crippen LogP contribution in [0.4, 0.5) is 10.5 Å². The van der Waals surface area contributed by atoms with Gasteiger partial charge in [-0.1, -0.05) is 36.4 Å². The molecule has 0 bridgehead atoms. The van der Waals surface area contributed by atoms with Gasteiger partial charge in [0.2, 0.25) is 5.91 Å². The third-order valence-corrected chi connectivity index (χ3v) is 7.69. The number of anilines is 1. The molecule has 2 aliphatic rings. The van der Waals surface area contributed by atoms with E-state index in [4.69, 9.17) is 21.7 Å². The molecule has 1 unspecified atom stereocenters. The second-order valence-corrected chi connectivity index (χ2v) is 10.2. The van der Waals surface area contributed by atoms with Crippen molar-refractivity contribution in [2.45, 2.75) is 38.6 Å². The lowest BCUT2D eigenvalue weighted by Crippen LogP contribution is -2.50. The lowest BCUT2D eigenvalue weighted by molar-refractivity contribution is -0.132. The van der Waals surface area contributed by atoms with Gasteiger partial charge in [-0.3, -0.25) is 4.79 Å². The first-order chi connectivity index (χ1) is 17.9. The van der Waals surface area contributed by atoms with Crippen LogP contribution in [0.25, 0.3) is 0 Å². The second kappa shape index (κ2) is 12.3. The predicted molar refractivity (Wildman–Crippen MR) is 148 cm³/mol. The van der Waals surface area contributed by atoms with Crippen molar-refractivity contribution in [2.24, 2.45) is 5.41 Å². The molecule has 0 aromatic heterocycles. The van der Waals surface area contributed by atoms with E-state index in [0.717, 1.165) is 49.4 Å². The van der Waals surface area contributed by atoms with E-state index >= 15 is 0 Å². The van der Waals surface area contributed by atoms with Gasteiger partial charge in [0.15, 0.2) is 5.11 Å². The van der Waals surface area contributed by atoms with Crippen molar-refractivity contribution in [1.29, 1.82) is 0 Å². The Morgan fingerprint density at radius 2 is 1.73 bits per heavy atom. The molecule has 8 nitrogen and oxygen atoms in total. The maximum atomic E-state index is 13.5. The summed E-state index contributed by atoms with van der Waals surface area (Å²) in [5, 5.41) is 6.82. The molecular formula is C28H36N4O4S. The molecule has 0 radical (unpaired) electrons. The zero-order valence-electron chi connectivity index (χ0n) is 21.6. The number of likely N-dealkylation sites (tertiary alicyclic amines) is 2. The molecule has 1 spiro atoms. The quantitative estimate of drug-likeness (QED) is 0.529. The van der Waals surface area contributed by atoms with Gasteiger partial charge in [0.05, 0.1) is 13.7 Å². The molecule has 2 fully saturated rings. The lowest BCUT2D eigenvalue weighted by atomic mass is 9.78. The minimum atomic E-state index is -0.656. The Hall–Kier alpha value is -3.33. The van der Waals surface area contributed by atoms with Crippen LogP contribution in [0.1, 0.15) is 31.7 Å². The number of carbonyl (C=O) groups excluding carboxylic acids is 2. The van der Waals surface area contributed by atoms with Gasteiger partial charge in [0, 0.05) is 44.4 Å². The maximum Gasteiger partial charge on any atom is 0.407 e. The fourth-order valence-corrected chi connectivity index (χ4v) is 5.50. The van der Waals surface area contributed by atoms with Crippen molar-refractivity contribution in [1.82, 2.24) is 15.1 Å². The highest BCUT2D eigenvalue weighted by Gasteiger charge is 2.43. The van der Waals surface area contributed by atoms with Crippen LogP contribution in [-0.4, -0.2) is 72.9 Å². The van der Waals surface area contributed by atoms with Crippen molar-refractivity contribution in [3.05, 3.63) is 60.2 Å². The number of piperidine rings is 1. The summed E-state index contributed by atoms with van der Waals surface area (Å²) in [5.41, 5.74) is 1.98. The highest BCUT2D eigenvalue weighted by molar-refractivity contribution is 7.80. The number of rotatable bonds is 7. The average Bonchev–Trinajstić information content (AvgIpc) is 3.32. The van der Waals surface area contributed by atoms with Crippen LogP contribution in [0.5, 0.6) is 5.75 Å². The van der Waals surface area contributed by atoms with E-state index in [-0.39, 0.29) is 17.9 Å². The number of amides is 2. The SMILES string of the molecule is CCOC(=O)NC(Cc1ccccc1)C(=O)N1CCC2(CCN(C(=S)Nc3cccc(OC)c3)CC2)C1. The molecule has 37 heavy (non-hydrogen) atoms. The van der Waals surface area contributed by atoms with Gasteiger partial charge in [-0.05, 0) is 61.5 Å². The normalized spacial score (nSPS) is 17.2. The van der Waals surface area contributed by atoms with Crippen LogP contribution >= 0.6 is 12.2 Å². The van der Waals surface area contributed by atoms with E-state index in [0.29, 0.717) is 24.6 Å². The van der Waals surface area contributed by atoms with E-state index in [1.807, 2.05) is 59.5 Å². The van der Waals surface area contributed by atoms with Gasteiger partial charge in [0.25, 0.3) is 0 Å². The van der Waals surface area contributed by atoms with Gasteiger partial charge in [-0.15, -0.1) is 0 Å². The van der Waals surface area contributed by atoms with Crippen LogP contribution in [-0.2, 0) is 16.0 Å². The molecule has 2 aliphatic heterocycles. The summed E-state index contributed by atoms with van der Waals surface area (Å²) in [5.74, 6) is 0.732. The number of hydrogen-bond donors (Lipinski definition) is 2. The number of hydrogen-bond acceptors (Lipinski definition) is 5. The molecule has 2 heterocycles. The Labute approximate surface area is 224 Å². The molecule has 4 rings (SSSR count). The van der Waals surface area contributed by atoms with Gasteiger partial charge in [0.1, 0.15) is 11.8 Å². The van der Waals surface area contributed by atoms with Crippen LogP contribution in [0, 0.1) is 5.41 Å². The molecule has 2 aromatic rings. The standard InChI is InChI=1S/C28H36N4O4S/c1-3-36-27(34)30-24(18-21-8-5-4-6-9-21)25(33)32-17-14-28(20-32)12-15-31(16-13-28)26(37)29-22-10-7-11-23(19-22)35-2/h4-11,19,24H,3,12-18,20H2,1-2H3,(H,29,37)(H,30,34). The van der Waals surface area contributed by atoms with E-state index in [2.05, 4.69) is 15.5 Å². The first-order valence-electron chi connectivity index (χ1n) is 12.9. The number of nitrogens with zero attached hydrogens (tertiary/aromatic N) is 2. The Balaban J connectivity index is 1.34. The average molecular weight is 525 g/mol. The molecule has 0 saturated carbocycles. The van der Waals surface area contributed by atoms with Gasteiger partial charge in [-0.25, -0.2) is 4.79 Å². The van der Waals surface area contributed by atoms with Crippen LogP contribution in [0.3, 0.4) is 0 Å². The number of ether oxygens (including phenoxy) is 2. The van der Waals surface area contributed by atoms with E-state index in [1.165, 1.54) is 0 Å². The summed E-state index contributed by atoms with van der Waals surface area (Å²) in [6.45, 7) is 5.09. The van der Waals surface area contributed by atoms with Crippen LogP contribution in [0.2, 0.25) is 0 Å². The van der Waals surface area contributed by atoms with E-state index in [9.17, 15) is 9.59 Å². The largest absolute Gasteiger partial charge is 0.497 e. The number of nitrogens with one attached hydrogen (secondary N) is 2. The Morgan fingerprint density at radius 1 is 1.03 bits per heavy atom. The van der Waals surface area contributed by atoms with E-state index in [1.54, 1.807) is 14.0 Å². The minimum Gasteiger partial charge on any atom is -0.497 e. The highest BCUT2D eigenvalue weighted by atomic mass is 32.1. The van der Waals surface area contributed by atoms with Crippen molar-refractivity contribution in [2.75, 3.05) is 45.2 Å². The summed E-state index contributed by atoms with van der Waals surface area (Å²) in [6.07, 6.45) is 2.76. The predicted octanol–water partition coefficient (Wildman–Crippen LogP) is 4.06. The number of carbonyl (C=O) groups is 2. The van der Waals surface area contributed by atoms with Gasteiger partial charge in [-0.2, -0.15) is 0 Å². The molecule has 2 N–H and O–H groups in total. The minimum absolute atomic E-state index is 0.0496. The second-order valence-electron chi connectivity index (χ2n) is 9.77.